The molecule has 0 aromatic heterocycles. The van der Waals surface area contributed by atoms with E-state index in [0.29, 0.717) is 0 Å². The van der Waals surface area contributed by atoms with Crippen LogP contribution in [0.1, 0.15) is 19.4 Å². The highest BCUT2D eigenvalue weighted by Crippen LogP contribution is 2.39. The minimum absolute atomic E-state index is 0.287. The van der Waals surface area contributed by atoms with E-state index in [0.717, 1.165) is 18.1 Å². The first-order valence-corrected chi connectivity index (χ1v) is 7.77. The van der Waals surface area contributed by atoms with Gasteiger partial charge in [0.05, 0.1) is 0 Å². The Bertz CT molecular complexity index is 361. The zero-order chi connectivity index (χ0) is 11.4. The summed E-state index contributed by atoms with van der Waals surface area (Å²) in [5.74, 6) is 0. The Labute approximate surface area is 105 Å². The van der Waals surface area contributed by atoms with Crippen LogP contribution in [0.4, 0.5) is 0 Å². The van der Waals surface area contributed by atoms with Gasteiger partial charge in [0.1, 0.15) is 5.04 Å². The molecule has 2 rings (SSSR count). The summed E-state index contributed by atoms with van der Waals surface area (Å²) in [7, 11) is 3.63. The fourth-order valence-electron chi connectivity index (χ4n) is 1.61. The monoisotopic (exact) mass is 252 g/mol. The fraction of sp³-hybridized carbons (Fsp3) is 0.417. The Morgan fingerprint density at radius 1 is 1.19 bits per heavy atom. The summed E-state index contributed by atoms with van der Waals surface area (Å²) in [4.78, 5) is 7.14. The number of benzene rings is 1. The van der Waals surface area contributed by atoms with Crippen LogP contribution in [0.5, 0.6) is 0 Å². The highest BCUT2D eigenvalue weighted by molar-refractivity contribution is 8.83. The predicted octanol–water partition coefficient (Wildman–Crippen LogP) is 3.45. The minimum Gasteiger partial charge on any atom is -0.273 e. The maximum Gasteiger partial charge on any atom is 0.160 e. The van der Waals surface area contributed by atoms with Crippen molar-refractivity contribution >= 4 is 26.6 Å². The van der Waals surface area contributed by atoms with Gasteiger partial charge in [-0.2, -0.15) is 0 Å². The summed E-state index contributed by atoms with van der Waals surface area (Å²) in [5, 5.41) is 1.16. The third-order valence-corrected chi connectivity index (χ3v) is 5.04. The van der Waals surface area contributed by atoms with Crippen LogP contribution in [0.25, 0.3) is 0 Å². The molecule has 16 heavy (non-hydrogen) atoms. The molecule has 1 aliphatic heterocycles. The second kappa shape index (κ2) is 5.75. The molecule has 0 saturated heterocycles. The maximum absolute atomic E-state index is 4.77. The summed E-state index contributed by atoms with van der Waals surface area (Å²) >= 11 is 0. The minimum atomic E-state index is 0.287. The second-order valence-corrected chi connectivity index (χ2v) is 5.77. The highest BCUT2D eigenvalue weighted by atomic mass is 33.1. The third-order valence-electron chi connectivity index (χ3n) is 2.59. The molecule has 86 valence electrons. The molecule has 1 unspecified atom stereocenters. The van der Waals surface area contributed by atoms with E-state index >= 15 is 0 Å². The quantitative estimate of drug-likeness (QED) is 0.763. The van der Waals surface area contributed by atoms with Gasteiger partial charge in [0.15, 0.2) is 5.50 Å². The lowest BCUT2D eigenvalue weighted by Crippen LogP contribution is -2.29. The van der Waals surface area contributed by atoms with Gasteiger partial charge in [0, 0.05) is 5.56 Å². The van der Waals surface area contributed by atoms with Crippen LogP contribution in [0.15, 0.2) is 35.3 Å². The Kier molecular flexibility index (Phi) is 4.32. The smallest absolute Gasteiger partial charge is 0.160 e. The molecule has 0 saturated carbocycles. The molecule has 0 spiro atoms. The van der Waals surface area contributed by atoms with E-state index in [1.54, 1.807) is 10.8 Å². The first-order chi connectivity index (χ1) is 7.85. The molecular weight excluding hydrogens is 236 g/mol. The molecular formula is C12H16N2S2. The highest BCUT2D eigenvalue weighted by Gasteiger charge is 2.24. The van der Waals surface area contributed by atoms with Gasteiger partial charge in [0.2, 0.25) is 0 Å². The first-order valence-electron chi connectivity index (χ1n) is 5.55. The van der Waals surface area contributed by atoms with Crippen molar-refractivity contribution in [1.82, 2.24) is 4.90 Å². The van der Waals surface area contributed by atoms with E-state index in [2.05, 4.69) is 43.0 Å². The third kappa shape index (κ3) is 2.62. The molecule has 1 aromatic rings. The molecule has 1 heterocycles. The van der Waals surface area contributed by atoms with Crippen molar-refractivity contribution in [3.8, 4) is 0 Å². The number of rotatable bonds is 4. The molecule has 1 aliphatic rings. The van der Waals surface area contributed by atoms with E-state index in [9.17, 15) is 0 Å². The van der Waals surface area contributed by atoms with Crippen molar-refractivity contribution in [2.45, 2.75) is 19.3 Å². The largest absolute Gasteiger partial charge is 0.273 e. The lowest BCUT2D eigenvalue weighted by Gasteiger charge is -2.21. The lowest BCUT2D eigenvalue weighted by atomic mass is 10.2. The van der Waals surface area contributed by atoms with Gasteiger partial charge in [-0.1, -0.05) is 44.2 Å². The van der Waals surface area contributed by atoms with E-state index in [4.69, 9.17) is 4.99 Å². The molecule has 1 aromatic carbocycles. The van der Waals surface area contributed by atoms with Crippen LogP contribution in [0, 0.1) is 0 Å². The first kappa shape index (κ1) is 12.0. The van der Waals surface area contributed by atoms with Gasteiger partial charge < -0.3 is 0 Å². The Morgan fingerprint density at radius 3 is 2.50 bits per heavy atom. The van der Waals surface area contributed by atoms with E-state index in [1.165, 1.54) is 5.56 Å². The van der Waals surface area contributed by atoms with Gasteiger partial charge in [-0.05, 0) is 34.7 Å². The fourth-order valence-corrected chi connectivity index (χ4v) is 4.24. The predicted molar refractivity (Wildman–Crippen MR) is 74.9 cm³/mol. The summed E-state index contributed by atoms with van der Waals surface area (Å²) in [6.45, 7) is 6.48. The molecule has 0 fully saturated rings. The maximum atomic E-state index is 4.77. The van der Waals surface area contributed by atoms with Crippen LogP contribution in [0.3, 0.4) is 0 Å². The zero-order valence-corrected chi connectivity index (χ0v) is 11.2. The van der Waals surface area contributed by atoms with Crippen LogP contribution >= 0.6 is 21.6 Å². The molecule has 0 aliphatic carbocycles. The summed E-state index contributed by atoms with van der Waals surface area (Å²) in [5.41, 5.74) is 1.52. The van der Waals surface area contributed by atoms with Crippen LogP contribution in [0.2, 0.25) is 0 Å². The van der Waals surface area contributed by atoms with E-state index < -0.39 is 0 Å². The second-order valence-electron chi connectivity index (χ2n) is 3.53. The van der Waals surface area contributed by atoms with E-state index in [-0.39, 0.29) is 5.50 Å². The molecule has 0 radical (unpaired) electrons. The Balaban J connectivity index is 2.12. The van der Waals surface area contributed by atoms with Crippen molar-refractivity contribution in [3.05, 3.63) is 35.9 Å². The number of hydrogen-bond donors (Lipinski definition) is 0. The van der Waals surface area contributed by atoms with Gasteiger partial charge in [0.25, 0.3) is 0 Å². The molecule has 4 heteroatoms. The zero-order valence-electron chi connectivity index (χ0n) is 9.59. The molecule has 2 nitrogen and oxygen atoms in total. The van der Waals surface area contributed by atoms with Crippen molar-refractivity contribution in [1.29, 1.82) is 0 Å². The SMILES string of the molecule is CCN(CC)C1N=C(c2ccccc2)SS1. The summed E-state index contributed by atoms with van der Waals surface area (Å²) in [6, 6.07) is 10.4. The molecule has 0 bridgehead atoms. The van der Waals surface area contributed by atoms with Gasteiger partial charge in [-0.25, -0.2) is 4.99 Å². The van der Waals surface area contributed by atoms with Crippen LogP contribution in [-0.2, 0) is 0 Å². The molecule has 1 atom stereocenters. The average molecular weight is 252 g/mol. The van der Waals surface area contributed by atoms with E-state index in [1.807, 2.05) is 16.9 Å². The van der Waals surface area contributed by atoms with Gasteiger partial charge in [-0.3, -0.25) is 4.90 Å². The summed E-state index contributed by atoms with van der Waals surface area (Å²) < 4.78 is 0. The van der Waals surface area contributed by atoms with Crippen LogP contribution < -0.4 is 0 Å². The number of aliphatic imine (C=N–C) groups is 1. The van der Waals surface area contributed by atoms with Crippen molar-refractivity contribution < 1.29 is 0 Å². The van der Waals surface area contributed by atoms with Crippen molar-refractivity contribution in [2.24, 2.45) is 4.99 Å². The van der Waals surface area contributed by atoms with Crippen molar-refractivity contribution in [3.63, 3.8) is 0 Å². The van der Waals surface area contributed by atoms with Gasteiger partial charge >= 0.3 is 0 Å². The van der Waals surface area contributed by atoms with Gasteiger partial charge in [-0.15, -0.1) is 0 Å². The Morgan fingerprint density at radius 2 is 1.88 bits per heavy atom. The molecule has 0 N–H and O–H groups in total. The number of nitrogens with zero attached hydrogens (tertiary/aromatic N) is 2. The topological polar surface area (TPSA) is 15.6 Å². The average Bonchev–Trinajstić information content (AvgIpc) is 2.81. The lowest BCUT2D eigenvalue weighted by molar-refractivity contribution is 0.292. The van der Waals surface area contributed by atoms with Crippen molar-refractivity contribution in [2.75, 3.05) is 13.1 Å². The summed E-state index contributed by atoms with van der Waals surface area (Å²) in [6.07, 6.45) is 0. The number of hydrogen-bond acceptors (Lipinski definition) is 4. The standard InChI is InChI=1S/C12H16N2S2/c1-3-14(4-2)12-13-11(15-16-12)10-8-6-5-7-9-10/h5-9,12H,3-4H2,1-2H3. The normalized spacial score (nSPS) is 20.2. The Hall–Kier alpha value is -0.450. The van der Waals surface area contributed by atoms with Crippen LogP contribution in [-0.4, -0.2) is 28.5 Å². The molecule has 0 amide bonds.